The van der Waals surface area contributed by atoms with Crippen molar-refractivity contribution in [3.05, 3.63) is 261 Å². The summed E-state index contributed by atoms with van der Waals surface area (Å²) in [4.78, 5) is 2.41. The highest BCUT2D eigenvalue weighted by Gasteiger charge is 2.21. The van der Waals surface area contributed by atoms with Crippen LogP contribution in [0.25, 0.3) is 99.5 Å². The van der Waals surface area contributed by atoms with Crippen LogP contribution >= 0.6 is 0 Å². The number of benzene rings is 11. The number of para-hydroxylation sites is 3. The van der Waals surface area contributed by atoms with Gasteiger partial charge in [-0.05, 0) is 109 Å². The molecular weight excluding hydrogens is 799 g/mol. The van der Waals surface area contributed by atoms with Crippen LogP contribution in [0.3, 0.4) is 0 Å². The van der Waals surface area contributed by atoms with Crippen LogP contribution in [-0.4, -0.2) is 0 Å². The maximum absolute atomic E-state index is 6.49. The monoisotopic (exact) mass is 841 g/mol. The average molecular weight is 842 g/mol. The van der Waals surface area contributed by atoms with E-state index in [0.29, 0.717) is 0 Å². The highest BCUT2D eigenvalue weighted by atomic mass is 16.3. The molecule has 11 aromatic carbocycles. The van der Waals surface area contributed by atoms with E-state index in [1.807, 2.05) is 12.1 Å². The Bertz CT molecular complexity index is 3660. The van der Waals surface area contributed by atoms with Gasteiger partial charge < -0.3 is 9.32 Å². The molecule has 310 valence electrons. The lowest BCUT2D eigenvalue weighted by Gasteiger charge is -2.29. The molecule has 1 aromatic heterocycles. The van der Waals surface area contributed by atoms with Gasteiger partial charge in [0.25, 0.3) is 0 Å². The zero-order chi connectivity index (χ0) is 43.8. The quantitative estimate of drug-likeness (QED) is 0.144. The summed E-state index contributed by atoms with van der Waals surface area (Å²) in [7, 11) is 0. The van der Waals surface area contributed by atoms with Crippen molar-refractivity contribution in [3.8, 4) is 66.8 Å². The van der Waals surface area contributed by atoms with E-state index in [1.165, 1.54) is 55.3 Å². The molecule has 0 aliphatic carbocycles. The molecule has 0 radical (unpaired) electrons. The Labute approximate surface area is 384 Å². The molecule has 0 atom stereocenters. The minimum Gasteiger partial charge on any atom is -0.455 e. The second kappa shape index (κ2) is 16.8. The van der Waals surface area contributed by atoms with Gasteiger partial charge in [-0.15, -0.1) is 0 Å². The molecule has 12 rings (SSSR count). The fraction of sp³-hybridized carbons (Fsp3) is 0. The first-order valence-electron chi connectivity index (χ1n) is 22.6. The lowest BCUT2D eigenvalue weighted by molar-refractivity contribution is 0.670. The summed E-state index contributed by atoms with van der Waals surface area (Å²) in [6.07, 6.45) is 0. The van der Waals surface area contributed by atoms with Gasteiger partial charge in [-0.2, -0.15) is 0 Å². The fourth-order valence-electron chi connectivity index (χ4n) is 9.76. The Morgan fingerprint density at radius 1 is 0.273 bits per heavy atom. The SMILES string of the molecule is c1ccc(-c2ccc(-c3ccc(N(c4ccc(-c5cccc6c5oc5ccccc56)cc4)c4ccccc4-c4cccc5cccc(-c6ccccc6)c45)cc3)cc2-c2ccccc2)cc1. The molecule has 0 saturated carbocycles. The van der Waals surface area contributed by atoms with Crippen LogP contribution < -0.4 is 4.90 Å². The van der Waals surface area contributed by atoms with Crippen LogP contribution in [0.1, 0.15) is 0 Å². The molecule has 2 nitrogen and oxygen atoms in total. The van der Waals surface area contributed by atoms with Crippen LogP contribution in [0.2, 0.25) is 0 Å². The Hall–Kier alpha value is -8.72. The smallest absolute Gasteiger partial charge is 0.143 e. The Morgan fingerprint density at radius 3 is 1.45 bits per heavy atom. The summed E-state index contributed by atoms with van der Waals surface area (Å²) in [6, 6.07) is 93.8. The topological polar surface area (TPSA) is 16.4 Å². The summed E-state index contributed by atoms with van der Waals surface area (Å²) in [5.74, 6) is 0. The van der Waals surface area contributed by atoms with E-state index in [2.05, 4.69) is 254 Å². The number of furan rings is 1. The zero-order valence-electron chi connectivity index (χ0n) is 36.2. The fourth-order valence-corrected chi connectivity index (χ4v) is 9.76. The standard InChI is InChI=1S/C64H43NO/c1-4-17-45(18-5-1)53-42-37-50(43-60(53)47-21-8-3-9-22-47)44-33-38-51(39-34-44)65(52-40-35-48(36-41-52)55-28-16-30-59-57-26-11-13-32-62(57)66-64(55)59)61-31-12-10-25-56(61)58-29-15-24-49-23-14-27-54(63(49)58)46-19-6-2-7-20-46/h1-43H. The van der Waals surface area contributed by atoms with E-state index in [9.17, 15) is 0 Å². The average Bonchev–Trinajstić information content (AvgIpc) is 3.79. The summed E-state index contributed by atoms with van der Waals surface area (Å²) >= 11 is 0. The van der Waals surface area contributed by atoms with Crippen molar-refractivity contribution in [1.82, 2.24) is 0 Å². The van der Waals surface area contributed by atoms with Crippen molar-refractivity contribution in [3.63, 3.8) is 0 Å². The lowest BCUT2D eigenvalue weighted by Crippen LogP contribution is -2.11. The Balaban J connectivity index is 1.01. The van der Waals surface area contributed by atoms with E-state index in [0.717, 1.165) is 61.3 Å². The summed E-state index contributed by atoms with van der Waals surface area (Å²) in [5, 5.41) is 4.69. The van der Waals surface area contributed by atoms with Crippen molar-refractivity contribution in [2.45, 2.75) is 0 Å². The lowest BCUT2D eigenvalue weighted by atomic mass is 9.90. The highest BCUT2D eigenvalue weighted by molar-refractivity contribution is 6.10. The van der Waals surface area contributed by atoms with Crippen molar-refractivity contribution in [1.29, 1.82) is 0 Å². The molecule has 0 fully saturated rings. The molecule has 0 bridgehead atoms. The summed E-state index contributed by atoms with van der Waals surface area (Å²) < 4.78 is 6.49. The Morgan fingerprint density at radius 2 is 0.758 bits per heavy atom. The number of nitrogens with zero attached hydrogens (tertiary/aromatic N) is 1. The Kier molecular flexibility index (Phi) is 9.89. The zero-order valence-corrected chi connectivity index (χ0v) is 36.2. The molecule has 0 spiro atoms. The van der Waals surface area contributed by atoms with Crippen LogP contribution in [0.5, 0.6) is 0 Å². The van der Waals surface area contributed by atoms with E-state index < -0.39 is 0 Å². The molecule has 0 N–H and O–H groups in total. The molecule has 0 unspecified atom stereocenters. The second-order valence-corrected chi connectivity index (χ2v) is 16.8. The molecule has 1 heterocycles. The van der Waals surface area contributed by atoms with Gasteiger partial charge in [0.2, 0.25) is 0 Å². The largest absolute Gasteiger partial charge is 0.455 e. The third-order valence-corrected chi connectivity index (χ3v) is 12.9. The normalized spacial score (nSPS) is 11.3. The number of fused-ring (bicyclic) bond motifs is 4. The van der Waals surface area contributed by atoms with E-state index >= 15 is 0 Å². The van der Waals surface area contributed by atoms with Crippen molar-refractivity contribution >= 4 is 49.8 Å². The van der Waals surface area contributed by atoms with Gasteiger partial charge in [0.1, 0.15) is 11.2 Å². The molecule has 0 amide bonds. The number of anilines is 3. The first-order valence-corrected chi connectivity index (χ1v) is 22.6. The first-order chi connectivity index (χ1) is 32.7. The van der Waals surface area contributed by atoms with Crippen molar-refractivity contribution < 1.29 is 4.42 Å². The maximum atomic E-state index is 6.49. The third kappa shape index (κ3) is 7.02. The molecule has 0 aliphatic rings. The van der Waals surface area contributed by atoms with E-state index in [-0.39, 0.29) is 0 Å². The summed E-state index contributed by atoms with van der Waals surface area (Å²) in [5.41, 5.74) is 19.1. The van der Waals surface area contributed by atoms with Gasteiger partial charge in [0, 0.05) is 33.3 Å². The van der Waals surface area contributed by atoms with Crippen LogP contribution in [-0.2, 0) is 0 Å². The van der Waals surface area contributed by atoms with Crippen LogP contribution in [0.4, 0.5) is 17.1 Å². The molecule has 66 heavy (non-hydrogen) atoms. The van der Waals surface area contributed by atoms with E-state index in [1.54, 1.807) is 0 Å². The van der Waals surface area contributed by atoms with Crippen LogP contribution in [0.15, 0.2) is 265 Å². The van der Waals surface area contributed by atoms with E-state index in [4.69, 9.17) is 4.42 Å². The predicted octanol–water partition coefficient (Wildman–Crippen LogP) is 18.2. The van der Waals surface area contributed by atoms with Crippen molar-refractivity contribution in [2.75, 3.05) is 4.90 Å². The van der Waals surface area contributed by atoms with Gasteiger partial charge in [-0.25, -0.2) is 0 Å². The van der Waals surface area contributed by atoms with Crippen molar-refractivity contribution in [2.24, 2.45) is 0 Å². The highest BCUT2D eigenvalue weighted by Crippen LogP contribution is 2.46. The molecule has 12 aromatic rings. The van der Waals surface area contributed by atoms with Gasteiger partial charge in [0.15, 0.2) is 0 Å². The minimum atomic E-state index is 0.898. The molecule has 0 saturated heterocycles. The van der Waals surface area contributed by atoms with Gasteiger partial charge >= 0.3 is 0 Å². The van der Waals surface area contributed by atoms with Gasteiger partial charge in [0.05, 0.1) is 5.69 Å². The minimum absolute atomic E-state index is 0.898. The second-order valence-electron chi connectivity index (χ2n) is 16.8. The molecule has 2 heteroatoms. The third-order valence-electron chi connectivity index (χ3n) is 12.9. The number of hydrogen-bond acceptors (Lipinski definition) is 2. The molecule has 0 aliphatic heterocycles. The first kappa shape index (κ1) is 38.9. The number of rotatable bonds is 9. The van der Waals surface area contributed by atoms with Crippen LogP contribution in [0, 0.1) is 0 Å². The molecular formula is C64H43NO. The van der Waals surface area contributed by atoms with Gasteiger partial charge in [-0.1, -0.05) is 218 Å². The number of hydrogen-bond donors (Lipinski definition) is 0. The predicted molar refractivity (Wildman–Crippen MR) is 279 cm³/mol. The maximum Gasteiger partial charge on any atom is 0.143 e. The summed E-state index contributed by atoms with van der Waals surface area (Å²) in [6.45, 7) is 0. The van der Waals surface area contributed by atoms with Gasteiger partial charge in [-0.3, -0.25) is 0 Å².